The zero-order valence-electron chi connectivity index (χ0n) is 14.2. The Labute approximate surface area is 171 Å². The zero-order chi connectivity index (χ0) is 19.4. The molecule has 3 rings (SSSR count). The third-order valence-electron chi connectivity index (χ3n) is 3.81. The molecule has 1 fully saturated rings. The summed E-state index contributed by atoms with van der Waals surface area (Å²) in [7, 11) is 0. The average Bonchev–Trinajstić information content (AvgIpc) is 2.90. The Morgan fingerprint density at radius 2 is 2.00 bits per heavy atom. The SMILES string of the molecule is C=CCN1C(=O)/C(=C/c2ccc(OCc3c(F)cccc3Cl)cc2)SC1=S. The third kappa shape index (κ3) is 4.58. The van der Waals surface area contributed by atoms with Crippen LogP contribution in [0, 0.1) is 5.82 Å². The molecule has 1 aliphatic rings. The summed E-state index contributed by atoms with van der Waals surface area (Å²) in [6.07, 6.45) is 3.42. The van der Waals surface area contributed by atoms with E-state index in [-0.39, 0.29) is 12.5 Å². The monoisotopic (exact) mass is 419 g/mol. The van der Waals surface area contributed by atoms with Crippen LogP contribution in [0.2, 0.25) is 5.02 Å². The first-order valence-electron chi connectivity index (χ1n) is 8.01. The van der Waals surface area contributed by atoms with E-state index in [1.807, 2.05) is 12.1 Å². The molecule has 1 saturated heterocycles. The molecule has 0 aliphatic carbocycles. The number of carbonyl (C=O) groups is 1. The predicted octanol–water partition coefficient (Wildman–Crippen LogP) is 5.45. The van der Waals surface area contributed by atoms with Gasteiger partial charge in [-0.25, -0.2) is 4.39 Å². The third-order valence-corrected chi connectivity index (χ3v) is 5.54. The first-order chi connectivity index (χ1) is 13.0. The van der Waals surface area contributed by atoms with Crippen molar-refractivity contribution in [2.24, 2.45) is 0 Å². The second-order valence-corrected chi connectivity index (χ2v) is 7.72. The first-order valence-corrected chi connectivity index (χ1v) is 9.62. The quantitative estimate of drug-likeness (QED) is 0.354. The first kappa shape index (κ1) is 19.6. The fourth-order valence-electron chi connectivity index (χ4n) is 2.42. The fraction of sp³-hybridized carbons (Fsp3) is 0.100. The van der Waals surface area contributed by atoms with Gasteiger partial charge in [-0.1, -0.05) is 59.9 Å². The summed E-state index contributed by atoms with van der Waals surface area (Å²) in [6.45, 7) is 4.06. The van der Waals surface area contributed by atoms with Crippen LogP contribution >= 0.6 is 35.6 Å². The molecule has 0 atom stereocenters. The molecule has 138 valence electrons. The highest BCUT2D eigenvalue weighted by Crippen LogP contribution is 2.32. The van der Waals surface area contributed by atoms with Crippen molar-refractivity contribution in [1.82, 2.24) is 4.90 Å². The van der Waals surface area contributed by atoms with Crippen molar-refractivity contribution in [2.45, 2.75) is 6.61 Å². The maximum absolute atomic E-state index is 13.8. The van der Waals surface area contributed by atoms with Crippen molar-refractivity contribution in [1.29, 1.82) is 0 Å². The summed E-state index contributed by atoms with van der Waals surface area (Å²) in [5.41, 5.74) is 1.15. The van der Waals surface area contributed by atoms with Gasteiger partial charge in [-0.15, -0.1) is 6.58 Å². The van der Waals surface area contributed by atoms with E-state index in [1.54, 1.807) is 36.4 Å². The van der Waals surface area contributed by atoms with Crippen molar-refractivity contribution in [3.8, 4) is 5.75 Å². The number of halogens is 2. The number of hydrogen-bond donors (Lipinski definition) is 0. The van der Waals surface area contributed by atoms with Crippen molar-refractivity contribution in [3.63, 3.8) is 0 Å². The number of rotatable bonds is 6. The number of ether oxygens (including phenoxy) is 1. The van der Waals surface area contributed by atoms with Gasteiger partial charge < -0.3 is 4.74 Å². The molecule has 0 spiro atoms. The lowest BCUT2D eigenvalue weighted by molar-refractivity contribution is -0.121. The summed E-state index contributed by atoms with van der Waals surface area (Å²) in [5.74, 6) is 0.0470. The van der Waals surface area contributed by atoms with Crippen LogP contribution in [-0.2, 0) is 11.4 Å². The highest BCUT2D eigenvalue weighted by molar-refractivity contribution is 8.26. The lowest BCUT2D eigenvalue weighted by Gasteiger charge is -2.10. The van der Waals surface area contributed by atoms with Crippen LogP contribution in [0.25, 0.3) is 6.08 Å². The number of benzene rings is 2. The lowest BCUT2D eigenvalue weighted by Crippen LogP contribution is -2.27. The van der Waals surface area contributed by atoms with E-state index in [9.17, 15) is 9.18 Å². The number of nitrogens with zero attached hydrogens (tertiary/aromatic N) is 1. The number of carbonyl (C=O) groups excluding carboxylic acids is 1. The van der Waals surface area contributed by atoms with Gasteiger partial charge in [0.2, 0.25) is 0 Å². The molecule has 1 aliphatic heterocycles. The molecule has 0 saturated carbocycles. The Bertz CT molecular complexity index is 908. The van der Waals surface area contributed by atoms with Gasteiger partial charge in [0.15, 0.2) is 0 Å². The van der Waals surface area contributed by atoms with E-state index < -0.39 is 5.82 Å². The highest BCUT2D eigenvalue weighted by atomic mass is 35.5. The van der Waals surface area contributed by atoms with Crippen LogP contribution < -0.4 is 4.74 Å². The molecule has 2 aromatic carbocycles. The minimum Gasteiger partial charge on any atom is -0.489 e. The molecule has 7 heteroatoms. The summed E-state index contributed by atoms with van der Waals surface area (Å²) in [4.78, 5) is 14.4. The molecule has 2 aromatic rings. The molecule has 0 aromatic heterocycles. The van der Waals surface area contributed by atoms with Crippen LogP contribution in [0.15, 0.2) is 60.0 Å². The zero-order valence-corrected chi connectivity index (χ0v) is 16.5. The molecule has 27 heavy (non-hydrogen) atoms. The van der Waals surface area contributed by atoms with E-state index in [0.717, 1.165) is 5.56 Å². The van der Waals surface area contributed by atoms with Crippen molar-refractivity contribution in [2.75, 3.05) is 6.54 Å². The predicted molar refractivity (Wildman–Crippen MR) is 112 cm³/mol. The molecule has 3 nitrogen and oxygen atoms in total. The molecule has 0 N–H and O–H groups in total. The van der Waals surface area contributed by atoms with Gasteiger partial charge >= 0.3 is 0 Å². The maximum atomic E-state index is 13.8. The summed E-state index contributed by atoms with van der Waals surface area (Å²) < 4.78 is 19.9. The van der Waals surface area contributed by atoms with Crippen LogP contribution in [0.3, 0.4) is 0 Å². The van der Waals surface area contributed by atoms with Crippen molar-refractivity contribution in [3.05, 3.63) is 82.0 Å². The van der Waals surface area contributed by atoms with E-state index in [0.29, 0.717) is 32.1 Å². The maximum Gasteiger partial charge on any atom is 0.266 e. The number of thiocarbonyl (C=S) groups is 1. The minimum absolute atomic E-state index is 0.0328. The Balaban J connectivity index is 1.68. The normalized spacial score (nSPS) is 15.5. The van der Waals surface area contributed by atoms with E-state index >= 15 is 0 Å². The topological polar surface area (TPSA) is 29.5 Å². The number of hydrogen-bond acceptors (Lipinski definition) is 4. The van der Waals surface area contributed by atoms with Gasteiger partial charge in [-0.05, 0) is 35.9 Å². The van der Waals surface area contributed by atoms with Crippen LogP contribution in [0.5, 0.6) is 5.75 Å². The Hall–Kier alpha value is -2.15. The molecule has 1 amide bonds. The van der Waals surface area contributed by atoms with Gasteiger partial charge in [0, 0.05) is 12.1 Å². The molecular formula is C20H15ClFNO2S2. The fourth-order valence-corrected chi connectivity index (χ4v) is 3.92. The largest absolute Gasteiger partial charge is 0.489 e. The van der Waals surface area contributed by atoms with Gasteiger partial charge in [-0.2, -0.15) is 0 Å². The minimum atomic E-state index is -0.402. The van der Waals surface area contributed by atoms with Crippen LogP contribution in [-0.4, -0.2) is 21.7 Å². The summed E-state index contributed by atoms with van der Waals surface area (Å²) in [6, 6.07) is 11.7. The Kier molecular flexibility index (Phi) is 6.31. The van der Waals surface area contributed by atoms with Gasteiger partial charge in [0.25, 0.3) is 5.91 Å². The molecule has 0 unspecified atom stereocenters. The highest BCUT2D eigenvalue weighted by Gasteiger charge is 2.30. The standard InChI is InChI=1S/C20H15ClFNO2S2/c1-2-10-23-19(24)18(27-20(23)26)11-13-6-8-14(9-7-13)25-12-15-16(21)4-3-5-17(15)22/h2-9,11H,1,10,12H2/b18-11-. The van der Waals surface area contributed by atoms with Crippen molar-refractivity contribution >= 4 is 51.9 Å². The van der Waals surface area contributed by atoms with Gasteiger partial charge in [-0.3, -0.25) is 9.69 Å². The van der Waals surface area contributed by atoms with E-state index in [2.05, 4.69) is 6.58 Å². The number of amides is 1. The van der Waals surface area contributed by atoms with E-state index in [1.165, 1.54) is 22.7 Å². The van der Waals surface area contributed by atoms with Gasteiger partial charge in [0.1, 0.15) is 22.5 Å². The summed E-state index contributed by atoms with van der Waals surface area (Å²) in [5, 5.41) is 0.327. The Morgan fingerprint density at radius 1 is 1.26 bits per heavy atom. The molecule has 0 radical (unpaired) electrons. The number of thioether (sulfide) groups is 1. The summed E-state index contributed by atoms with van der Waals surface area (Å²) >= 11 is 12.5. The molecule has 1 heterocycles. The Morgan fingerprint density at radius 3 is 2.67 bits per heavy atom. The molecule has 0 bridgehead atoms. The van der Waals surface area contributed by atoms with Crippen LogP contribution in [0.1, 0.15) is 11.1 Å². The lowest BCUT2D eigenvalue weighted by atomic mass is 10.2. The second-order valence-electron chi connectivity index (χ2n) is 5.64. The molecular weight excluding hydrogens is 405 g/mol. The second kappa shape index (κ2) is 8.69. The van der Waals surface area contributed by atoms with Crippen LogP contribution in [0.4, 0.5) is 4.39 Å². The smallest absolute Gasteiger partial charge is 0.266 e. The van der Waals surface area contributed by atoms with Gasteiger partial charge in [0.05, 0.1) is 9.93 Å². The average molecular weight is 420 g/mol. The van der Waals surface area contributed by atoms with E-state index in [4.69, 9.17) is 28.6 Å². The van der Waals surface area contributed by atoms with Crippen molar-refractivity contribution < 1.29 is 13.9 Å².